The SMILES string of the molecule is O=C(O)c1cccnc1C(=O)NCCC1CCCCO1. The van der Waals surface area contributed by atoms with Gasteiger partial charge in [-0.05, 0) is 37.8 Å². The number of amides is 1. The molecule has 1 fully saturated rings. The number of aromatic carboxylic acids is 1. The number of rotatable bonds is 5. The molecule has 0 aliphatic carbocycles. The number of carboxylic acid groups (broad SMARTS) is 1. The summed E-state index contributed by atoms with van der Waals surface area (Å²) in [6.45, 7) is 1.24. The second-order valence-electron chi connectivity index (χ2n) is 4.74. The monoisotopic (exact) mass is 278 g/mol. The molecule has 0 spiro atoms. The zero-order valence-corrected chi connectivity index (χ0v) is 11.2. The van der Waals surface area contributed by atoms with E-state index in [0.717, 1.165) is 32.3 Å². The number of hydrogen-bond donors (Lipinski definition) is 2. The molecule has 0 bridgehead atoms. The van der Waals surface area contributed by atoms with E-state index in [4.69, 9.17) is 9.84 Å². The maximum atomic E-state index is 11.9. The van der Waals surface area contributed by atoms with Crippen molar-refractivity contribution < 1.29 is 19.4 Å². The van der Waals surface area contributed by atoms with Crippen LogP contribution in [0.3, 0.4) is 0 Å². The minimum atomic E-state index is -1.15. The third-order valence-electron chi connectivity index (χ3n) is 3.28. The van der Waals surface area contributed by atoms with Crippen molar-refractivity contribution in [2.45, 2.75) is 31.8 Å². The van der Waals surface area contributed by atoms with Gasteiger partial charge in [-0.25, -0.2) is 4.79 Å². The van der Waals surface area contributed by atoms with E-state index >= 15 is 0 Å². The molecule has 1 aliphatic rings. The van der Waals surface area contributed by atoms with Crippen LogP contribution in [0.4, 0.5) is 0 Å². The van der Waals surface area contributed by atoms with Crippen LogP contribution < -0.4 is 5.32 Å². The molecule has 1 aromatic rings. The lowest BCUT2D eigenvalue weighted by atomic mass is 10.1. The lowest BCUT2D eigenvalue weighted by Gasteiger charge is -2.22. The summed E-state index contributed by atoms with van der Waals surface area (Å²) in [6, 6.07) is 2.87. The van der Waals surface area contributed by atoms with Gasteiger partial charge < -0.3 is 15.2 Å². The Morgan fingerprint density at radius 2 is 2.30 bits per heavy atom. The summed E-state index contributed by atoms with van der Waals surface area (Å²) in [5.74, 6) is -1.61. The number of nitrogens with zero attached hydrogens (tertiary/aromatic N) is 1. The summed E-state index contributed by atoms with van der Waals surface area (Å²) >= 11 is 0. The zero-order valence-electron chi connectivity index (χ0n) is 11.2. The van der Waals surface area contributed by atoms with Gasteiger partial charge in [-0.15, -0.1) is 0 Å². The van der Waals surface area contributed by atoms with E-state index in [9.17, 15) is 9.59 Å². The van der Waals surface area contributed by atoms with Crippen LogP contribution in [0, 0.1) is 0 Å². The highest BCUT2D eigenvalue weighted by Gasteiger charge is 2.18. The smallest absolute Gasteiger partial charge is 0.338 e. The molecule has 0 saturated carbocycles. The summed E-state index contributed by atoms with van der Waals surface area (Å²) in [4.78, 5) is 26.8. The Hall–Kier alpha value is -1.95. The molecule has 2 N–H and O–H groups in total. The number of pyridine rings is 1. The molecule has 1 aliphatic heterocycles. The van der Waals surface area contributed by atoms with Gasteiger partial charge in [0.05, 0.1) is 11.7 Å². The van der Waals surface area contributed by atoms with Crippen LogP contribution in [-0.2, 0) is 4.74 Å². The standard InChI is InChI=1S/C14H18N2O4/c17-13(12-11(14(18)19)5-3-7-15-12)16-8-6-10-4-1-2-9-20-10/h3,5,7,10H,1-2,4,6,8-9H2,(H,16,17)(H,18,19). The first-order valence-electron chi connectivity index (χ1n) is 6.76. The largest absolute Gasteiger partial charge is 0.478 e. The Kier molecular flexibility index (Phi) is 5.06. The molecule has 20 heavy (non-hydrogen) atoms. The van der Waals surface area contributed by atoms with Crippen LogP contribution in [0.2, 0.25) is 0 Å². The Morgan fingerprint density at radius 1 is 1.45 bits per heavy atom. The summed E-state index contributed by atoms with van der Waals surface area (Å²) in [5, 5.41) is 11.7. The predicted molar refractivity (Wildman–Crippen MR) is 71.7 cm³/mol. The van der Waals surface area contributed by atoms with Crippen LogP contribution in [0.1, 0.15) is 46.5 Å². The fraction of sp³-hybridized carbons (Fsp3) is 0.500. The van der Waals surface area contributed by atoms with E-state index in [-0.39, 0.29) is 17.4 Å². The van der Waals surface area contributed by atoms with Crippen molar-refractivity contribution >= 4 is 11.9 Å². The second-order valence-corrected chi connectivity index (χ2v) is 4.74. The summed E-state index contributed by atoms with van der Waals surface area (Å²) in [7, 11) is 0. The molecule has 1 aromatic heterocycles. The van der Waals surface area contributed by atoms with Gasteiger partial charge in [-0.2, -0.15) is 0 Å². The normalized spacial score (nSPS) is 18.5. The van der Waals surface area contributed by atoms with Gasteiger partial charge in [0.15, 0.2) is 0 Å². The van der Waals surface area contributed by atoms with Gasteiger partial charge >= 0.3 is 5.97 Å². The maximum Gasteiger partial charge on any atom is 0.338 e. The van der Waals surface area contributed by atoms with Crippen LogP contribution in [0.25, 0.3) is 0 Å². The molecule has 108 valence electrons. The van der Waals surface area contributed by atoms with Crippen molar-refractivity contribution in [1.29, 1.82) is 0 Å². The van der Waals surface area contributed by atoms with Crippen LogP contribution in [0.5, 0.6) is 0 Å². The van der Waals surface area contributed by atoms with Crippen molar-refractivity contribution in [1.82, 2.24) is 10.3 Å². The third-order valence-corrected chi connectivity index (χ3v) is 3.28. The van der Waals surface area contributed by atoms with Crippen molar-refractivity contribution in [2.75, 3.05) is 13.2 Å². The van der Waals surface area contributed by atoms with E-state index in [1.165, 1.54) is 18.3 Å². The molecule has 2 rings (SSSR count). The highest BCUT2D eigenvalue weighted by Crippen LogP contribution is 2.15. The van der Waals surface area contributed by atoms with Crippen molar-refractivity contribution in [3.63, 3.8) is 0 Å². The van der Waals surface area contributed by atoms with Crippen LogP contribution in [0.15, 0.2) is 18.3 Å². The average Bonchev–Trinajstić information content (AvgIpc) is 2.48. The lowest BCUT2D eigenvalue weighted by molar-refractivity contribution is 0.0116. The third kappa shape index (κ3) is 3.77. The van der Waals surface area contributed by atoms with Crippen molar-refractivity contribution in [3.8, 4) is 0 Å². The number of carbonyl (C=O) groups is 2. The highest BCUT2D eigenvalue weighted by atomic mass is 16.5. The molecule has 1 amide bonds. The maximum absolute atomic E-state index is 11.9. The Labute approximate surface area is 117 Å². The Balaban J connectivity index is 1.87. The molecule has 1 atom stereocenters. The Morgan fingerprint density at radius 3 is 3.00 bits per heavy atom. The zero-order chi connectivity index (χ0) is 14.4. The van der Waals surface area contributed by atoms with E-state index in [1.807, 2.05) is 0 Å². The molecule has 0 radical (unpaired) electrons. The van der Waals surface area contributed by atoms with E-state index < -0.39 is 11.9 Å². The van der Waals surface area contributed by atoms with Gasteiger partial charge in [0.2, 0.25) is 0 Å². The summed E-state index contributed by atoms with van der Waals surface area (Å²) in [6.07, 6.45) is 5.60. The fourth-order valence-corrected chi connectivity index (χ4v) is 2.22. The summed E-state index contributed by atoms with van der Waals surface area (Å²) in [5.41, 5.74) is -0.136. The molecule has 0 aromatic carbocycles. The van der Waals surface area contributed by atoms with E-state index in [0.29, 0.717) is 6.54 Å². The minimum Gasteiger partial charge on any atom is -0.478 e. The Bertz CT molecular complexity index is 484. The number of nitrogens with one attached hydrogen (secondary N) is 1. The first kappa shape index (κ1) is 14.5. The molecule has 1 saturated heterocycles. The van der Waals surface area contributed by atoms with Crippen molar-refractivity contribution in [3.05, 3.63) is 29.6 Å². The van der Waals surface area contributed by atoms with Gasteiger partial charge in [-0.1, -0.05) is 0 Å². The number of carboxylic acids is 1. The van der Waals surface area contributed by atoms with Gasteiger partial charge in [0.25, 0.3) is 5.91 Å². The number of carbonyl (C=O) groups excluding carboxylic acids is 1. The van der Waals surface area contributed by atoms with Crippen molar-refractivity contribution in [2.24, 2.45) is 0 Å². The van der Waals surface area contributed by atoms with E-state index in [1.54, 1.807) is 0 Å². The molecule has 6 heteroatoms. The van der Waals surface area contributed by atoms with Crippen LogP contribution >= 0.6 is 0 Å². The van der Waals surface area contributed by atoms with E-state index in [2.05, 4.69) is 10.3 Å². The first-order valence-corrected chi connectivity index (χ1v) is 6.76. The average molecular weight is 278 g/mol. The van der Waals surface area contributed by atoms with Crippen LogP contribution in [-0.4, -0.2) is 41.2 Å². The number of aromatic nitrogens is 1. The first-order chi connectivity index (χ1) is 9.68. The fourth-order valence-electron chi connectivity index (χ4n) is 2.22. The molecule has 1 unspecified atom stereocenters. The van der Waals surface area contributed by atoms with Gasteiger partial charge in [0, 0.05) is 19.3 Å². The number of ether oxygens (including phenoxy) is 1. The van der Waals surface area contributed by atoms with Gasteiger partial charge in [-0.3, -0.25) is 9.78 Å². The number of hydrogen-bond acceptors (Lipinski definition) is 4. The molecule has 2 heterocycles. The predicted octanol–water partition coefficient (Wildman–Crippen LogP) is 1.47. The quantitative estimate of drug-likeness (QED) is 0.851. The minimum absolute atomic E-state index is 0.0513. The summed E-state index contributed by atoms with van der Waals surface area (Å²) < 4.78 is 5.57. The topological polar surface area (TPSA) is 88.5 Å². The molecular formula is C14H18N2O4. The molecular weight excluding hydrogens is 260 g/mol. The van der Waals surface area contributed by atoms with Gasteiger partial charge in [0.1, 0.15) is 5.69 Å². The highest BCUT2D eigenvalue weighted by molar-refractivity contribution is 6.03. The molecule has 6 nitrogen and oxygen atoms in total. The lowest BCUT2D eigenvalue weighted by Crippen LogP contribution is -2.31. The second kappa shape index (κ2) is 7.00.